The van der Waals surface area contributed by atoms with Crippen LogP contribution in [0.3, 0.4) is 0 Å². The van der Waals surface area contributed by atoms with Gasteiger partial charge in [0, 0.05) is 0 Å². The minimum absolute atomic E-state index is 0. The molecule has 62 heavy (non-hydrogen) atoms. The van der Waals surface area contributed by atoms with Gasteiger partial charge in [0.2, 0.25) is 0 Å². The van der Waals surface area contributed by atoms with E-state index in [4.69, 9.17) is 12.8 Å². The molecule has 2 aliphatic heterocycles. The summed E-state index contributed by atoms with van der Waals surface area (Å²) in [5, 5.41) is 11.9. The van der Waals surface area contributed by atoms with Gasteiger partial charge in [-0.3, -0.25) is 11.8 Å². The van der Waals surface area contributed by atoms with Crippen LogP contribution < -0.4 is 42.0 Å². The Morgan fingerprint density at radius 3 is 1.31 bits per heavy atom. The zero-order valence-corrected chi connectivity index (χ0v) is 41.9. The Balaban J connectivity index is 0.000000160. The largest absolute Gasteiger partial charge is 1.00 e. The van der Waals surface area contributed by atoms with E-state index in [9.17, 15) is 0 Å². The summed E-state index contributed by atoms with van der Waals surface area (Å²) in [6.07, 6.45) is 14.5. The molecule has 6 heteroatoms. The van der Waals surface area contributed by atoms with Crippen LogP contribution in [0.2, 0.25) is 19.6 Å². The van der Waals surface area contributed by atoms with Gasteiger partial charge in [-0.25, -0.2) is 0 Å². The van der Waals surface area contributed by atoms with Crippen molar-refractivity contribution in [3.63, 3.8) is 0 Å². The molecule has 0 bridgehead atoms. The summed E-state index contributed by atoms with van der Waals surface area (Å²) >= 11 is 0. The molecule has 0 N–H and O–H groups in total. The molecular formula is C56H47Ag2P2Si2+2. The Morgan fingerprint density at radius 1 is 0.419 bits per heavy atom. The number of benzene rings is 8. The normalized spacial score (nSPS) is 12.2. The molecule has 2 aliphatic rings. The van der Waals surface area contributed by atoms with Gasteiger partial charge >= 0.3 is 44.8 Å². The van der Waals surface area contributed by atoms with Crippen molar-refractivity contribution in [3.05, 3.63) is 230 Å². The number of hydrogen-bond acceptors (Lipinski definition) is 0. The molecule has 10 rings (SSSR count). The molecular weight excluding hydrogens is 1010 g/mol. The maximum atomic E-state index is 7.26. The van der Waals surface area contributed by atoms with Crippen LogP contribution in [-0.2, 0) is 44.8 Å². The van der Waals surface area contributed by atoms with E-state index in [2.05, 4.69) is 226 Å². The monoisotopic (exact) mass is 1050 g/mol. The molecule has 0 aliphatic carbocycles. The quantitative estimate of drug-likeness (QED) is 0.0676. The van der Waals surface area contributed by atoms with Crippen molar-refractivity contribution < 1.29 is 44.8 Å². The third kappa shape index (κ3) is 10.2. The molecule has 0 aromatic heterocycles. The molecule has 2 heterocycles. The molecule has 0 saturated heterocycles. The van der Waals surface area contributed by atoms with Crippen LogP contribution in [0.25, 0.3) is 22.3 Å². The van der Waals surface area contributed by atoms with Gasteiger partial charge in [-0.2, -0.15) is 0 Å². The standard InChI is InChI=1S/C25H22P2.C16H13Si.C15H10Si.2Ag/c1-5-13-22(14-6-1)26(23-15-7-2-8-16-23)21-27(24-17-9-3-10-18-24)25-19-11-4-12-20-25;1-4-12-9-10-14-13-7-5-6-8-15(13)17(2,3)16(14)11-12;1-3-11-8-9-15-13(10-11)12-6-4-5-7-14(12)16(15)2;;/h1-20H,21H2;5-11H,2-3H3;4-10H,2H3;;/q;2*-1;2*+1/p+2. The fourth-order valence-electron chi connectivity index (χ4n) is 8.62. The van der Waals surface area contributed by atoms with Crippen LogP contribution in [0.1, 0.15) is 11.1 Å². The third-order valence-electron chi connectivity index (χ3n) is 11.8. The minimum Gasteiger partial charge on any atom is -0.366 e. The van der Waals surface area contributed by atoms with Gasteiger partial charge in [0.05, 0.1) is 0 Å². The van der Waals surface area contributed by atoms with Crippen LogP contribution in [0, 0.1) is 24.7 Å². The summed E-state index contributed by atoms with van der Waals surface area (Å²) in [5.41, 5.74) is 7.16. The van der Waals surface area contributed by atoms with Crippen LogP contribution in [0.15, 0.2) is 206 Å². The van der Waals surface area contributed by atoms with Crippen molar-refractivity contribution in [2.45, 2.75) is 19.6 Å². The van der Waals surface area contributed by atoms with E-state index >= 15 is 0 Å². The second-order valence-corrected chi connectivity index (χ2v) is 28.0. The molecule has 0 atom stereocenters. The Hall–Kier alpha value is -4.35. The Kier molecular flexibility index (Phi) is 16.6. The van der Waals surface area contributed by atoms with Crippen molar-refractivity contribution in [2.24, 2.45) is 0 Å². The van der Waals surface area contributed by atoms with Crippen molar-refractivity contribution in [2.75, 3.05) is 5.90 Å². The fourth-order valence-corrected chi connectivity index (χ4v) is 21.7. The van der Waals surface area contributed by atoms with Crippen molar-refractivity contribution in [1.82, 2.24) is 0 Å². The van der Waals surface area contributed by atoms with E-state index in [1.807, 2.05) is 12.1 Å². The molecule has 1 radical (unpaired) electrons. The second kappa shape index (κ2) is 21.8. The van der Waals surface area contributed by atoms with Gasteiger partial charge in [0.25, 0.3) is 0 Å². The summed E-state index contributed by atoms with van der Waals surface area (Å²) in [6.45, 7) is 7.10. The van der Waals surface area contributed by atoms with E-state index in [1.54, 1.807) is 0 Å². The van der Waals surface area contributed by atoms with E-state index in [1.165, 1.54) is 70.1 Å². The van der Waals surface area contributed by atoms with Gasteiger partial charge in [0.1, 0.15) is 53.9 Å². The molecule has 309 valence electrons. The fraction of sp³-hybridized carbons (Fsp3) is 0.0714. The van der Waals surface area contributed by atoms with Crippen molar-refractivity contribution >= 4 is 74.7 Å². The number of hydrogen-bond donors (Lipinski definition) is 0. The van der Waals surface area contributed by atoms with Crippen molar-refractivity contribution in [1.29, 1.82) is 0 Å². The summed E-state index contributed by atoms with van der Waals surface area (Å²) in [5.74, 6) is 6.20. The average molecular weight is 1050 g/mol. The second-order valence-electron chi connectivity index (χ2n) is 15.7. The zero-order chi connectivity index (χ0) is 41.5. The maximum absolute atomic E-state index is 7.26. The predicted octanol–water partition coefficient (Wildman–Crippen LogP) is 8.94. The summed E-state index contributed by atoms with van der Waals surface area (Å²) < 4.78 is 0. The van der Waals surface area contributed by atoms with E-state index in [0.29, 0.717) is 0 Å². The Morgan fingerprint density at radius 2 is 0.806 bits per heavy atom. The van der Waals surface area contributed by atoms with Crippen LogP contribution in [0.5, 0.6) is 0 Å². The van der Waals surface area contributed by atoms with E-state index in [0.717, 1.165) is 11.1 Å². The first-order chi connectivity index (χ1) is 29.4. The predicted molar refractivity (Wildman–Crippen MR) is 270 cm³/mol. The van der Waals surface area contributed by atoms with Crippen molar-refractivity contribution in [3.8, 4) is 34.1 Å². The van der Waals surface area contributed by atoms with Gasteiger partial charge in [-0.05, 0) is 81.2 Å². The van der Waals surface area contributed by atoms with Crippen LogP contribution >= 0.6 is 15.8 Å². The Bertz CT molecular complexity index is 2660. The summed E-state index contributed by atoms with van der Waals surface area (Å²) in [4.78, 5) is 0. The van der Waals surface area contributed by atoms with Gasteiger partial charge in [-0.15, -0.1) is 35.4 Å². The number of fused-ring (bicyclic) bond motifs is 6. The molecule has 8 aromatic rings. The number of rotatable bonds is 6. The topological polar surface area (TPSA) is 0 Å². The van der Waals surface area contributed by atoms with E-state index < -0.39 is 32.7 Å². The average Bonchev–Trinajstić information content (AvgIpc) is 3.73. The summed E-state index contributed by atoms with van der Waals surface area (Å²) in [6, 6.07) is 74.3. The van der Waals surface area contributed by atoms with Crippen LogP contribution in [-0.4, -0.2) is 22.8 Å². The van der Waals surface area contributed by atoms with E-state index in [-0.39, 0.29) is 44.8 Å². The maximum Gasteiger partial charge on any atom is 1.00 e. The first-order valence-electron chi connectivity index (χ1n) is 20.5. The molecule has 0 fully saturated rings. The van der Waals surface area contributed by atoms with Gasteiger partial charge in [0.15, 0.2) is 5.90 Å². The third-order valence-corrected chi connectivity index (χ3v) is 24.7. The smallest absolute Gasteiger partial charge is 0.366 e. The first kappa shape index (κ1) is 47.1. The molecule has 0 nitrogen and oxygen atoms in total. The van der Waals surface area contributed by atoms with Gasteiger partial charge in [-0.1, -0.05) is 163 Å². The molecule has 0 amide bonds. The Labute approximate surface area is 405 Å². The summed E-state index contributed by atoms with van der Waals surface area (Å²) in [7, 11) is -3.83. The van der Waals surface area contributed by atoms with Gasteiger partial charge < -0.3 is 12.8 Å². The molecule has 0 saturated carbocycles. The first-order valence-corrected chi connectivity index (χ1v) is 28.9. The molecule has 8 aromatic carbocycles. The molecule has 0 unspecified atom stereocenters. The minimum atomic E-state index is -1.55. The zero-order valence-electron chi connectivity index (χ0n) is 34.9. The SMILES string of the molecule is [Ag+].[Ag+].[C-]#Cc1ccc2c(c1)-c1ccccc1[Si]2C.[C-]#Cc1ccc2c(c1)[Si](C)(C)c1ccccc1-2.c1ccc([PH+](C[PH+](c2ccccc2)c2ccccc2)c2ccccc2)cc1. The van der Waals surface area contributed by atoms with Crippen LogP contribution in [0.4, 0.5) is 0 Å². The molecule has 0 spiro atoms.